The Kier molecular flexibility index (Phi) is 4.89. The van der Waals surface area contributed by atoms with Gasteiger partial charge in [0, 0.05) is 17.4 Å². The average Bonchev–Trinajstić information content (AvgIpc) is 2.82. The Bertz CT molecular complexity index is 726. The SMILES string of the molecule is COC(=O)c1ccc(OC(=O)c2cc(C)n(C(C)C)c2C)cc1. The van der Waals surface area contributed by atoms with Gasteiger partial charge in [-0.05, 0) is 58.0 Å². The number of hydrogen-bond acceptors (Lipinski definition) is 4. The highest BCUT2D eigenvalue weighted by Gasteiger charge is 2.19. The van der Waals surface area contributed by atoms with E-state index in [1.54, 1.807) is 24.3 Å². The van der Waals surface area contributed by atoms with Gasteiger partial charge >= 0.3 is 11.9 Å². The number of ether oxygens (including phenoxy) is 2. The van der Waals surface area contributed by atoms with E-state index in [1.807, 2.05) is 19.9 Å². The summed E-state index contributed by atoms with van der Waals surface area (Å²) >= 11 is 0. The smallest absolute Gasteiger partial charge is 0.345 e. The largest absolute Gasteiger partial charge is 0.465 e. The molecule has 2 rings (SSSR count). The van der Waals surface area contributed by atoms with Crippen LogP contribution in [0.2, 0.25) is 0 Å². The third kappa shape index (κ3) is 3.44. The van der Waals surface area contributed by atoms with E-state index < -0.39 is 11.9 Å². The van der Waals surface area contributed by atoms with Crippen molar-refractivity contribution in [2.75, 3.05) is 7.11 Å². The summed E-state index contributed by atoms with van der Waals surface area (Å²) in [6.45, 7) is 8.01. The minimum atomic E-state index is -0.427. The standard InChI is InChI=1S/C18H21NO4/c1-11(2)19-12(3)10-16(13(19)4)18(21)23-15-8-6-14(7-9-15)17(20)22-5/h6-11H,1-5H3. The molecular weight excluding hydrogens is 294 g/mol. The molecule has 0 N–H and O–H groups in total. The van der Waals surface area contributed by atoms with Gasteiger partial charge in [0.2, 0.25) is 0 Å². The molecule has 0 aliphatic carbocycles. The fourth-order valence-corrected chi connectivity index (χ4v) is 2.72. The van der Waals surface area contributed by atoms with Crippen LogP contribution in [-0.2, 0) is 4.74 Å². The topological polar surface area (TPSA) is 57.5 Å². The van der Waals surface area contributed by atoms with E-state index in [2.05, 4.69) is 23.2 Å². The summed E-state index contributed by atoms with van der Waals surface area (Å²) in [4.78, 5) is 23.8. The van der Waals surface area contributed by atoms with Crippen LogP contribution < -0.4 is 4.74 Å². The summed E-state index contributed by atoms with van der Waals surface area (Å²) in [5.41, 5.74) is 2.86. The lowest BCUT2D eigenvalue weighted by Crippen LogP contribution is -2.11. The molecule has 0 unspecified atom stereocenters. The van der Waals surface area contributed by atoms with Crippen LogP contribution in [0.15, 0.2) is 30.3 Å². The number of aryl methyl sites for hydroxylation is 1. The second-order valence-corrected chi connectivity index (χ2v) is 5.65. The maximum Gasteiger partial charge on any atom is 0.345 e. The number of esters is 2. The molecule has 2 aromatic rings. The van der Waals surface area contributed by atoms with Gasteiger partial charge in [0.05, 0.1) is 18.2 Å². The highest BCUT2D eigenvalue weighted by Crippen LogP contribution is 2.22. The number of nitrogens with zero attached hydrogens (tertiary/aromatic N) is 1. The molecule has 0 aliphatic rings. The number of carbonyl (C=O) groups excluding carboxylic acids is 2. The van der Waals surface area contributed by atoms with E-state index >= 15 is 0 Å². The molecule has 1 aromatic heterocycles. The van der Waals surface area contributed by atoms with Crippen LogP contribution in [0.4, 0.5) is 0 Å². The van der Waals surface area contributed by atoms with Crippen molar-refractivity contribution in [3.63, 3.8) is 0 Å². The third-order valence-corrected chi connectivity index (χ3v) is 3.71. The second-order valence-electron chi connectivity index (χ2n) is 5.65. The lowest BCUT2D eigenvalue weighted by atomic mass is 10.2. The minimum Gasteiger partial charge on any atom is -0.465 e. The Labute approximate surface area is 135 Å². The van der Waals surface area contributed by atoms with Crippen molar-refractivity contribution in [2.45, 2.75) is 33.7 Å². The first-order chi connectivity index (χ1) is 10.8. The van der Waals surface area contributed by atoms with Crippen LogP contribution in [0, 0.1) is 13.8 Å². The summed E-state index contributed by atoms with van der Waals surface area (Å²) in [7, 11) is 1.32. The molecular formula is C18H21NO4. The number of hydrogen-bond donors (Lipinski definition) is 0. The molecule has 1 heterocycles. The number of aromatic nitrogens is 1. The van der Waals surface area contributed by atoms with Crippen molar-refractivity contribution >= 4 is 11.9 Å². The molecule has 5 heteroatoms. The van der Waals surface area contributed by atoms with E-state index in [9.17, 15) is 9.59 Å². The molecule has 0 saturated carbocycles. The lowest BCUT2D eigenvalue weighted by Gasteiger charge is -2.13. The summed E-state index contributed by atoms with van der Waals surface area (Å²) in [5, 5.41) is 0. The summed E-state index contributed by atoms with van der Waals surface area (Å²) in [6.07, 6.45) is 0. The predicted octanol–water partition coefficient (Wildman–Crippen LogP) is 3.69. The van der Waals surface area contributed by atoms with Crippen molar-refractivity contribution in [3.8, 4) is 5.75 Å². The van der Waals surface area contributed by atoms with Crippen LogP contribution in [0.1, 0.15) is 52.0 Å². The molecule has 0 atom stereocenters. The first-order valence-electron chi connectivity index (χ1n) is 7.44. The van der Waals surface area contributed by atoms with E-state index in [-0.39, 0.29) is 6.04 Å². The van der Waals surface area contributed by atoms with Crippen LogP contribution in [0.25, 0.3) is 0 Å². The van der Waals surface area contributed by atoms with Gasteiger partial charge in [-0.1, -0.05) is 0 Å². The lowest BCUT2D eigenvalue weighted by molar-refractivity contribution is 0.0600. The molecule has 0 aliphatic heterocycles. The summed E-state index contributed by atoms with van der Waals surface area (Å²) in [5.74, 6) is -0.448. The fourth-order valence-electron chi connectivity index (χ4n) is 2.72. The highest BCUT2D eigenvalue weighted by atomic mass is 16.5. The van der Waals surface area contributed by atoms with Crippen LogP contribution in [-0.4, -0.2) is 23.6 Å². The zero-order chi connectivity index (χ0) is 17.1. The van der Waals surface area contributed by atoms with Gasteiger partial charge in [0.1, 0.15) is 5.75 Å². The van der Waals surface area contributed by atoms with E-state index in [4.69, 9.17) is 4.74 Å². The zero-order valence-corrected chi connectivity index (χ0v) is 14.0. The molecule has 0 saturated heterocycles. The van der Waals surface area contributed by atoms with Crippen LogP contribution in [0.3, 0.4) is 0 Å². The average molecular weight is 315 g/mol. The molecule has 1 aromatic carbocycles. The summed E-state index contributed by atoms with van der Waals surface area (Å²) in [6, 6.07) is 8.38. The van der Waals surface area contributed by atoms with Crippen LogP contribution >= 0.6 is 0 Å². The zero-order valence-electron chi connectivity index (χ0n) is 14.0. The Morgan fingerprint density at radius 3 is 2.13 bits per heavy atom. The van der Waals surface area contributed by atoms with Crippen LogP contribution in [0.5, 0.6) is 5.75 Å². The van der Waals surface area contributed by atoms with Gasteiger partial charge in [-0.3, -0.25) is 0 Å². The quantitative estimate of drug-likeness (QED) is 0.638. The first-order valence-corrected chi connectivity index (χ1v) is 7.44. The minimum absolute atomic E-state index is 0.274. The Balaban J connectivity index is 2.20. The van der Waals surface area contributed by atoms with Crippen molar-refractivity contribution in [2.24, 2.45) is 0 Å². The molecule has 23 heavy (non-hydrogen) atoms. The maximum absolute atomic E-state index is 12.4. The predicted molar refractivity (Wildman–Crippen MR) is 87.0 cm³/mol. The van der Waals surface area contributed by atoms with Gasteiger partial charge < -0.3 is 14.0 Å². The molecule has 0 fully saturated rings. The van der Waals surface area contributed by atoms with Gasteiger partial charge in [-0.15, -0.1) is 0 Å². The van der Waals surface area contributed by atoms with Gasteiger partial charge in [0.15, 0.2) is 0 Å². The van der Waals surface area contributed by atoms with Gasteiger partial charge in [-0.25, -0.2) is 9.59 Å². The van der Waals surface area contributed by atoms with Crippen molar-refractivity contribution in [1.29, 1.82) is 0 Å². The molecule has 0 radical (unpaired) electrons. The maximum atomic E-state index is 12.4. The van der Waals surface area contributed by atoms with E-state index in [1.165, 1.54) is 7.11 Å². The van der Waals surface area contributed by atoms with Gasteiger partial charge in [0.25, 0.3) is 0 Å². The monoisotopic (exact) mass is 315 g/mol. The highest BCUT2D eigenvalue weighted by molar-refractivity contribution is 5.93. The van der Waals surface area contributed by atoms with Crippen molar-refractivity contribution < 1.29 is 19.1 Å². The Morgan fingerprint density at radius 2 is 1.65 bits per heavy atom. The molecule has 122 valence electrons. The van der Waals surface area contributed by atoms with Gasteiger partial charge in [-0.2, -0.15) is 0 Å². The van der Waals surface area contributed by atoms with E-state index in [0.29, 0.717) is 16.9 Å². The third-order valence-electron chi connectivity index (χ3n) is 3.71. The van der Waals surface area contributed by atoms with E-state index in [0.717, 1.165) is 11.4 Å². The van der Waals surface area contributed by atoms with Crippen molar-refractivity contribution in [1.82, 2.24) is 4.57 Å². The summed E-state index contributed by atoms with van der Waals surface area (Å²) < 4.78 is 12.1. The number of benzene rings is 1. The number of rotatable bonds is 4. The fraction of sp³-hybridized carbons (Fsp3) is 0.333. The molecule has 0 spiro atoms. The Hall–Kier alpha value is -2.56. The number of carbonyl (C=O) groups is 2. The van der Waals surface area contributed by atoms with Crippen molar-refractivity contribution in [3.05, 3.63) is 52.8 Å². The number of methoxy groups -OCH3 is 1. The normalized spacial score (nSPS) is 10.7. The molecule has 0 bridgehead atoms. The second kappa shape index (κ2) is 6.69. The first kappa shape index (κ1) is 16.8. The Morgan fingerprint density at radius 1 is 1.04 bits per heavy atom. The molecule has 0 amide bonds. The molecule has 5 nitrogen and oxygen atoms in total.